The highest BCUT2D eigenvalue weighted by atomic mass is 19.4. The molecule has 4 heterocycles. The molecule has 0 radical (unpaired) electrons. The monoisotopic (exact) mass is 422 g/mol. The van der Waals surface area contributed by atoms with Crippen molar-refractivity contribution in [3.63, 3.8) is 0 Å². The van der Waals surface area contributed by atoms with Gasteiger partial charge in [-0.2, -0.15) is 26.3 Å². The Morgan fingerprint density at radius 2 is 0.857 bits per heavy atom. The summed E-state index contributed by atoms with van der Waals surface area (Å²) in [7, 11) is 0. The molecule has 0 spiro atoms. The standard InChI is InChI=1S/2C6H11N.2C2HF3O2/c2*1-3-7-4-2-6(1)5-7;2*3-2(4,5)1(6)7/h2*6H,1-5H2;2*(H,6,7). The highest BCUT2D eigenvalue weighted by molar-refractivity contribution is 5.71. The summed E-state index contributed by atoms with van der Waals surface area (Å²) in [5.74, 6) is -3.75. The second-order valence-corrected chi connectivity index (χ2v) is 7.37. The number of hydrogen-bond acceptors (Lipinski definition) is 4. The summed E-state index contributed by atoms with van der Waals surface area (Å²) in [5.41, 5.74) is 0. The van der Waals surface area contributed by atoms with E-state index in [-0.39, 0.29) is 0 Å². The van der Waals surface area contributed by atoms with E-state index in [1.807, 2.05) is 9.80 Å². The van der Waals surface area contributed by atoms with Crippen LogP contribution in [0, 0.1) is 11.8 Å². The number of nitrogens with one attached hydrogen (secondary N) is 2. The van der Waals surface area contributed by atoms with Gasteiger partial charge in [0.05, 0.1) is 39.3 Å². The SMILES string of the molecule is C1C[NH+]2CCC1C2.C1C[NH+]2CCC1C2.O=C([O-])C(F)(F)F.O=C([O-])C(F)(F)F. The second kappa shape index (κ2) is 10.3. The van der Waals surface area contributed by atoms with Crippen molar-refractivity contribution in [1.29, 1.82) is 0 Å². The molecule has 0 aliphatic carbocycles. The van der Waals surface area contributed by atoms with Crippen molar-refractivity contribution < 1.29 is 55.9 Å². The van der Waals surface area contributed by atoms with Crippen LogP contribution in [0.4, 0.5) is 26.3 Å². The van der Waals surface area contributed by atoms with Crippen LogP contribution in [-0.4, -0.2) is 63.6 Å². The Labute approximate surface area is 158 Å². The number of piperidine rings is 2. The summed E-state index contributed by atoms with van der Waals surface area (Å²) in [6.45, 7) is 8.91. The van der Waals surface area contributed by atoms with Gasteiger partial charge in [-0.1, -0.05) is 0 Å². The lowest BCUT2D eigenvalue weighted by Crippen LogP contribution is -3.08. The number of aliphatic carboxylic acids is 2. The second-order valence-electron chi connectivity index (χ2n) is 7.37. The van der Waals surface area contributed by atoms with Gasteiger partial charge in [0.15, 0.2) is 0 Å². The number of alkyl halides is 6. The van der Waals surface area contributed by atoms with E-state index in [4.69, 9.17) is 19.8 Å². The number of fused-ring (bicyclic) bond motifs is 4. The Hall–Kier alpha value is -1.56. The van der Waals surface area contributed by atoms with E-state index < -0.39 is 24.3 Å². The molecular formula is C16H24F6N2O4. The quantitative estimate of drug-likeness (QED) is 0.413. The van der Waals surface area contributed by atoms with Crippen molar-refractivity contribution in [2.24, 2.45) is 11.8 Å². The highest BCUT2D eigenvalue weighted by Gasteiger charge is 2.33. The highest BCUT2D eigenvalue weighted by Crippen LogP contribution is 2.13. The molecule has 4 aliphatic rings. The Kier molecular flexibility index (Phi) is 8.99. The van der Waals surface area contributed by atoms with Crippen molar-refractivity contribution in [3.8, 4) is 0 Å². The maximum Gasteiger partial charge on any atom is 0.430 e. The normalized spacial score (nSPS) is 29.6. The molecule has 4 rings (SSSR count). The first kappa shape index (κ1) is 24.5. The largest absolute Gasteiger partial charge is 0.542 e. The van der Waals surface area contributed by atoms with Crippen LogP contribution in [0.2, 0.25) is 0 Å². The first-order valence-corrected chi connectivity index (χ1v) is 9.02. The number of carboxylic acids is 2. The van der Waals surface area contributed by atoms with Crippen LogP contribution in [-0.2, 0) is 9.59 Å². The molecule has 0 aromatic carbocycles. The third-order valence-electron chi connectivity index (χ3n) is 5.24. The molecule has 0 amide bonds. The van der Waals surface area contributed by atoms with E-state index in [2.05, 4.69) is 0 Å². The molecule has 0 atom stereocenters. The summed E-state index contributed by atoms with van der Waals surface area (Å²) in [6.07, 6.45) is -4.30. The molecule has 0 saturated carbocycles. The summed E-state index contributed by atoms with van der Waals surface area (Å²) in [4.78, 5) is 21.3. The van der Waals surface area contributed by atoms with E-state index >= 15 is 0 Å². The number of quaternary nitrogens is 2. The summed E-state index contributed by atoms with van der Waals surface area (Å²) in [6, 6.07) is 0. The molecular weight excluding hydrogens is 398 g/mol. The third kappa shape index (κ3) is 9.09. The van der Waals surface area contributed by atoms with Crippen LogP contribution in [0.25, 0.3) is 0 Å². The molecule has 6 nitrogen and oxygen atoms in total. The van der Waals surface area contributed by atoms with Gasteiger partial charge in [-0.25, -0.2) is 0 Å². The lowest BCUT2D eigenvalue weighted by Gasteiger charge is -2.06. The van der Waals surface area contributed by atoms with Gasteiger partial charge in [0.1, 0.15) is 11.9 Å². The fraction of sp³-hybridized carbons (Fsp3) is 0.875. The number of carbonyl (C=O) groups excluding carboxylic acids is 2. The van der Waals surface area contributed by atoms with Crippen molar-refractivity contribution >= 4 is 11.9 Å². The number of rotatable bonds is 0. The number of carbonyl (C=O) groups is 2. The average Bonchev–Trinajstić information content (AvgIpc) is 3.37. The Morgan fingerprint density at radius 3 is 0.893 bits per heavy atom. The molecule has 28 heavy (non-hydrogen) atoms. The molecule has 4 bridgehead atoms. The lowest BCUT2D eigenvalue weighted by molar-refractivity contribution is -0.878. The van der Waals surface area contributed by atoms with Crippen LogP contribution < -0.4 is 20.0 Å². The summed E-state index contributed by atoms with van der Waals surface area (Å²) >= 11 is 0. The minimum Gasteiger partial charge on any atom is -0.542 e. The minimum absolute atomic E-state index is 1.13. The van der Waals surface area contributed by atoms with Gasteiger partial charge in [-0.3, -0.25) is 0 Å². The molecule has 12 heteroatoms. The molecule has 4 fully saturated rings. The zero-order valence-electron chi connectivity index (χ0n) is 15.1. The average molecular weight is 422 g/mol. The van der Waals surface area contributed by atoms with Gasteiger partial charge in [-0.05, 0) is 0 Å². The predicted molar refractivity (Wildman–Crippen MR) is 78.7 cm³/mol. The first-order chi connectivity index (χ1) is 12.8. The molecule has 0 aromatic heterocycles. The van der Waals surface area contributed by atoms with E-state index in [0.717, 1.165) is 11.8 Å². The van der Waals surface area contributed by atoms with Gasteiger partial charge in [0.25, 0.3) is 0 Å². The molecule has 164 valence electrons. The third-order valence-corrected chi connectivity index (χ3v) is 5.24. The smallest absolute Gasteiger partial charge is 0.430 e. The maximum atomic E-state index is 10.5. The van der Waals surface area contributed by atoms with Gasteiger partial charge in [0.2, 0.25) is 0 Å². The van der Waals surface area contributed by atoms with Crippen LogP contribution in [0.1, 0.15) is 25.7 Å². The molecule has 0 unspecified atom stereocenters. The Balaban J connectivity index is 0.000000187. The topological polar surface area (TPSA) is 89.1 Å². The fourth-order valence-corrected chi connectivity index (χ4v) is 3.80. The number of halogens is 6. The van der Waals surface area contributed by atoms with Gasteiger partial charge >= 0.3 is 12.4 Å². The molecule has 4 aliphatic heterocycles. The minimum atomic E-state index is -5.19. The van der Waals surface area contributed by atoms with Crippen LogP contribution >= 0.6 is 0 Å². The van der Waals surface area contributed by atoms with Crippen LogP contribution in [0.15, 0.2) is 0 Å². The Morgan fingerprint density at radius 1 is 0.643 bits per heavy atom. The van der Waals surface area contributed by atoms with Crippen molar-refractivity contribution in [3.05, 3.63) is 0 Å². The fourth-order valence-electron chi connectivity index (χ4n) is 3.80. The van der Waals surface area contributed by atoms with E-state index in [0.29, 0.717) is 0 Å². The number of carboxylic acid groups (broad SMARTS) is 2. The Bertz CT molecular complexity index is 444. The first-order valence-electron chi connectivity index (χ1n) is 9.02. The maximum absolute atomic E-state index is 10.5. The van der Waals surface area contributed by atoms with Gasteiger partial charge in [-0.15, -0.1) is 0 Å². The van der Waals surface area contributed by atoms with Crippen molar-refractivity contribution in [1.82, 2.24) is 0 Å². The predicted octanol–water partition coefficient (Wildman–Crippen LogP) is -2.81. The molecule has 4 saturated heterocycles. The molecule has 0 aromatic rings. The van der Waals surface area contributed by atoms with E-state index in [1.54, 1.807) is 0 Å². The van der Waals surface area contributed by atoms with Gasteiger partial charge in [0, 0.05) is 37.5 Å². The zero-order chi connectivity index (χ0) is 21.5. The summed E-state index contributed by atoms with van der Waals surface area (Å²) < 4.78 is 63.1. The zero-order valence-corrected chi connectivity index (χ0v) is 15.1. The van der Waals surface area contributed by atoms with Gasteiger partial charge < -0.3 is 29.6 Å². The van der Waals surface area contributed by atoms with Crippen LogP contribution in [0.5, 0.6) is 0 Å². The summed E-state index contributed by atoms with van der Waals surface area (Å²) in [5, 5.41) is 17.6. The van der Waals surface area contributed by atoms with Crippen LogP contribution in [0.3, 0.4) is 0 Å². The van der Waals surface area contributed by atoms with Crippen molar-refractivity contribution in [2.45, 2.75) is 38.0 Å². The van der Waals surface area contributed by atoms with E-state index in [9.17, 15) is 26.3 Å². The van der Waals surface area contributed by atoms with Crippen molar-refractivity contribution in [2.75, 3.05) is 39.3 Å². The number of hydrogen-bond donors (Lipinski definition) is 2. The van der Waals surface area contributed by atoms with E-state index in [1.165, 1.54) is 65.0 Å². The lowest BCUT2D eigenvalue weighted by atomic mass is 10.1. The molecule has 2 N–H and O–H groups in total.